The minimum atomic E-state index is -0.138. The Hall–Kier alpha value is -2.87. The van der Waals surface area contributed by atoms with E-state index >= 15 is 0 Å². The van der Waals surface area contributed by atoms with Crippen LogP contribution >= 0.6 is 0 Å². The molecule has 3 atom stereocenters. The Morgan fingerprint density at radius 1 is 1.00 bits per heavy atom. The quantitative estimate of drug-likeness (QED) is 0.541. The van der Waals surface area contributed by atoms with Crippen molar-refractivity contribution in [1.82, 2.24) is 0 Å². The van der Waals surface area contributed by atoms with E-state index < -0.39 is 0 Å². The van der Waals surface area contributed by atoms with E-state index in [1.165, 1.54) is 10.8 Å². The third kappa shape index (κ3) is 3.28. The number of benzene rings is 3. The number of aliphatic imine (C=N–C) groups is 1. The van der Waals surface area contributed by atoms with Gasteiger partial charge in [-0.15, -0.1) is 0 Å². The highest BCUT2D eigenvalue weighted by molar-refractivity contribution is 5.99. The first kappa shape index (κ1) is 17.5. The van der Waals surface area contributed by atoms with Gasteiger partial charge < -0.3 is 4.74 Å². The molecular formula is C25H25NO. The predicted octanol–water partition coefficient (Wildman–Crippen LogP) is 6.11. The lowest BCUT2D eigenvalue weighted by Gasteiger charge is -2.24. The molecule has 3 aromatic carbocycles. The summed E-state index contributed by atoms with van der Waals surface area (Å²) < 4.78 is 6.40. The van der Waals surface area contributed by atoms with Crippen LogP contribution in [-0.4, -0.2) is 18.0 Å². The maximum absolute atomic E-state index is 6.40. The highest BCUT2D eigenvalue weighted by Gasteiger charge is 2.37. The summed E-state index contributed by atoms with van der Waals surface area (Å²) in [5, 5.41) is 2.43. The molecule has 1 heterocycles. The van der Waals surface area contributed by atoms with Gasteiger partial charge in [0.1, 0.15) is 6.10 Å². The zero-order valence-electron chi connectivity index (χ0n) is 15.9. The van der Waals surface area contributed by atoms with Gasteiger partial charge >= 0.3 is 0 Å². The molecule has 0 aromatic heterocycles. The Bertz CT molecular complexity index is 984. The topological polar surface area (TPSA) is 21.6 Å². The van der Waals surface area contributed by atoms with E-state index in [0.717, 1.165) is 29.0 Å². The number of hydrogen-bond acceptors (Lipinski definition) is 2. The largest absolute Gasteiger partial charge is 0.467 e. The lowest BCUT2D eigenvalue weighted by Crippen LogP contribution is -2.29. The lowest BCUT2D eigenvalue weighted by atomic mass is 9.87. The molecule has 1 aliphatic heterocycles. The minimum absolute atomic E-state index is 0.0803. The fourth-order valence-corrected chi connectivity index (χ4v) is 3.75. The minimum Gasteiger partial charge on any atom is -0.467 e. The van der Waals surface area contributed by atoms with Crippen LogP contribution in [0.4, 0.5) is 0 Å². The van der Waals surface area contributed by atoms with Crippen LogP contribution in [0.25, 0.3) is 16.3 Å². The van der Waals surface area contributed by atoms with E-state index in [0.29, 0.717) is 5.92 Å². The van der Waals surface area contributed by atoms with Crippen LogP contribution in [0.15, 0.2) is 84.4 Å². The van der Waals surface area contributed by atoms with Crippen molar-refractivity contribution in [3.63, 3.8) is 0 Å². The molecule has 0 saturated heterocycles. The van der Waals surface area contributed by atoms with Crippen LogP contribution in [0.1, 0.15) is 31.4 Å². The van der Waals surface area contributed by atoms with E-state index in [-0.39, 0.29) is 12.1 Å². The van der Waals surface area contributed by atoms with Crippen molar-refractivity contribution in [2.45, 2.75) is 32.4 Å². The maximum atomic E-state index is 6.40. The molecule has 2 heteroatoms. The summed E-state index contributed by atoms with van der Waals surface area (Å²) in [4.78, 5) is 4.97. The zero-order chi connectivity index (χ0) is 18.8. The fraction of sp³-hybridized carbons (Fsp3) is 0.240. The molecule has 1 aliphatic rings. The van der Waals surface area contributed by atoms with E-state index in [4.69, 9.17) is 9.73 Å². The van der Waals surface area contributed by atoms with Gasteiger partial charge in [-0.3, -0.25) is 0 Å². The van der Waals surface area contributed by atoms with Gasteiger partial charge in [-0.25, -0.2) is 4.99 Å². The molecule has 0 spiro atoms. The second-order valence-corrected chi connectivity index (χ2v) is 7.27. The van der Waals surface area contributed by atoms with E-state index in [1.54, 1.807) is 0 Å². The number of fused-ring (bicyclic) bond motifs is 1. The number of nitrogens with zero attached hydrogens (tertiary/aromatic N) is 1. The standard InChI is InChI=1S/C25H25NO/c1-4-17(2)23-24(27-25(26-23)20-12-6-5-7-13-20)18(3)21-16-10-14-19-11-8-9-15-22(19)21/h5-17,23-24H,3-4H2,1-2H3/t17?,23-,24-/m0/s1. The monoisotopic (exact) mass is 355 g/mol. The van der Waals surface area contributed by atoms with Crippen molar-refractivity contribution in [3.8, 4) is 0 Å². The molecule has 4 rings (SSSR count). The molecule has 136 valence electrons. The molecule has 1 unspecified atom stereocenters. The van der Waals surface area contributed by atoms with Crippen molar-refractivity contribution >= 4 is 22.2 Å². The smallest absolute Gasteiger partial charge is 0.217 e. The van der Waals surface area contributed by atoms with Crippen LogP contribution in [0.3, 0.4) is 0 Å². The van der Waals surface area contributed by atoms with Crippen LogP contribution in [0.5, 0.6) is 0 Å². The normalized spacial score (nSPS) is 20.1. The van der Waals surface area contributed by atoms with E-state index in [1.807, 2.05) is 18.2 Å². The molecule has 0 fully saturated rings. The van der Waals surface area contributed by atoms with Crippen molar-refractivity contribution in [2.24, 2.45) is 10.9 Å². The van der Waals surface area contributed by atoms with Crippen molar-refractivity contribution in [1.29, 1.82) is 0 Å². The average Bonchev–Trinajstić information content (AvgIpc) is 3.18. The molecular weight excluding hydrogens is 330 g/mol. The second kappa shape index (κ2) is 7.40. The Morgan fingerprint density at radius 3 is 2.48 bits per heavy atom. The summed E-state index contributed by atoms with van der Waals surface area (Å²) in [7, 11) is 0. The molecule has 0 radical (unpaired) electrons. The van der Waals surface area contributed by atoms with Crippen molar-refractivity contribution in [3.05, 3.63) is 90.5 Å². The Kier molecular flexibility index (Phi) is 4.81. The summed E-state index contributed by atoms with van der Waals surface area (Å²) >= 11 is 0. The first-order chi connectivity index (χ1) is 13.2. The SMILES string of the molecule is C=C(c1cccc2ccccc12)[C@@H]1OC(c2ccccc2)=N[C@H]1C(C)CC. The third-order valence-electron chi connectivity index (χ3n) is 5.54. The van der Waals surface area contributed by atoms with Crippen LogP contribution in [0.2, 0.25) is 0 Å². The summed E-state index contributed by atoms with van der Waals surface area (Å²) in [5.41, 5.74) is 3.18. The van der Waals surface area contributed by atoms with Gasteiger partial charge in [-0.1, -0.05) is 87.5 Å². The van der Waals surface area contributed by atoms with Crippen LogP contribution < -0.4 is 0 Å². The van der Waals surface area contributed by atoms with Crippen molar-refractivity contribution < 1.29 is 4.74 Å². The van der Waals surface area contributed by atoms with Gasteiger partial charge in [0.2, 0.25) is 5.90 Å². The third-order valence-corrected chi connectivity index (χ3v) is 5.54. The molecule has 0 saturated carbocycles. The molecule has 3 aromatic rings. The zero-order valence-corrected chi connectivity index (χ0v) is 15.9. The lowest BCUT2D eigenvalue weighted by molar-refractivity contribution is 0.221. The highest BCUT2D eigenvalue weighted by Crippen LogP contribution is 2.35. The van der Waals surface area contributed by atoms with Gasteiger partial charge in [0.15, 0.2) is 0 Å². The van der Waals surface area contributed by atoms with Gasteiger partial charge in [0, 0.05) is 5.56 Å². The highest BCUT2D eigenvalue weighted by atomic mass is 16.5. The van der Waals surface area contributed by atoms with Crippen LogP contribution in [0, 0.1) is 5.92 Å². The molecule has 27 heavy (non-hydrogen) atoms. The molecule has 0 N–H and O–H groups in total. The average molecular weight is 355 g/mol. The van der Waals surface area contributed by atoms with E-state index in [9.17, 15) is 0 Å². The van der Waals surface area contributed by atoms with Crippen LogP contribution in [-0.2, 0) is 4.74 Å². The summed E-state index contributed by atoms with van der Waals surface area (Å²) in [6.07, 6.45) is 0.916. The summed E-state index contributed by atoms with van der Waals surface area (Å²) in [6, 6.07) is 25.0. The molecule has 0 amide bonds. The van der Waals surface area contributed by atoms with Gasteiger partial charge in [0.25, 0.3) is 0 Å². The van der Waals surface area contributed by atoms with Gasteiger partial charge in [-0.2, -0.15) is 0 Å². The van der Waals surface area contributed by atoms with E-state index in [2.05, 4.69) is 75.0 Å². The summed E-state index contributed by atoms with van der Waals surface area (Å²) in [6.45, 7) is 8.91. The van der Waals surface area contributed by atoms with Gasteiger partial charge in [0.05, 0.1) is 6.04 Å². The second-order valence-electron chi connectivity index (χ2n) is 7.27. The number of rotatable bonds is 5. The van der Waals surface area contributed by atoms with Crippen molar-refractivity contribution in [2.75, 3.05) is 0 Å². The fourth-order valence-electron chi connectivity index (χ4n) is 3.75. The molecule has 0 aliphatic carbocycles. The first-order valence-electron chi connectivity index (χ1n) is 9.66. The molecule has 2 nitrogen and oxygen atoms in total. The Labute approximate surface area is 161 Å². The summed E-state index contributed by atoms with van der Waals surface area (Å²) in [5.74, 6) is 1.15. The molecule has 0 bridgehead atoms. The number of ether oxygens (including phenoxy) is 1. The number of hydrogen-bond donors (Lipinski definition) is 0. The Morgan fingerprint density at radius 2 is 1.70 bits per heavy atom. The first-order valence-corrected chi connectivity index (χ1v) is 9.66. The Balaban J connectivity index is 1.72. The predicted molar refractivity (Wildman–Crippen MR) is 114 cm³/mol. The van der Waals surface area contributed by atoms with Gasteiger partial charge in [-0.05, 0) is 40.0 Å². The maximum Gasteiger partial charge on any atom is 0.217 e.